The van der Waals surface area contributed by atoms with Gasteiger partial charge in [-0.3, -0.25) is 9.36 Å². The van der Waals surface area contributed by atoms with Crippen molar-refractivity contribution in [2.24, 2.45) is 7.05 Å². The Balaban J connectivity index is 1.69. The van der Waals surface area contributed by atoms with Gasteiger partial charge in [-0.05, 0) is 36.6 Å². The SMILES string of the molecule is Cc1ccc(CNc2nc3cc(-c4ccccc4)sc3c(=O)n2C)c(C)c1. The topological polar surface area (TPSA) is 46.9 Å². The molecule has 0 saturated heterocycles. The third kappa shape index (κ3) is 3.38. The molecule has 0 amide bonds. The van der Waals surface area contributed by atoms with Crippen molar-refractivity contribution in [3.05, 3.63) is 81.6 Å². The van der Waals surface area contributed by atoms with Crippen LogP contribution in [0.4, 0.5) is 5.95 Å². The Bertz CT molecular complexity index is 1180. The Morgan fingerprint density at radius 3 is 2.59 bits per heavy atom. The maximum Gasteiger partial charge on any atom is 0.272 e. The van der Waals surface area contributed by atoms with E-state index < -0.39 is 0 Å². The molecule has 4 aromatic rings. The van der Waals surface area contributed by atoms with Gasteiger partial charge >= 0.3 is 0 Å². The van der Waals surface area contributed by atoms with Crippen molar-refractivity contribution < 1.29 is 0 Å². The lowest BCUT2D eigenvalue weighted by Crippen LogP contribution is -2.21. The smallest absolute Gasteiger partial charge is 0.272 e. The van der Waals surface area contributed by atoms with E-state index in [1.807, 2.05) is 24.3 Å². The molecule has 4 nitrogen and oxygen atoms in total. The maximum atomic E-state index is 12.8. The highest BCUT2D eigenvalue weighted by molar-refractivity contribution is 7.22. The van der Waals surface area contributed by atoms with Crippen LogP contribution in [-0.4, -0.2) is 9.55 Å². The molecule has 2 aromatic heterocycles. The first-order chi connectivity index (χ1) is 13.0. The summed E-state index contributed by atoms with van der Waals surface area (Å²) in [5.74, 6) is 0.588. The molecule has 0 aliphatic carbocycles. The molecule has 0 spiro atoms. The van der Waals surface area contributed by atoms with Crippen LogP contribution in [0.3, 0.4) is 0 Å². The summed E-state index contributed by atoms with van der Waals surface area (Å²) in [4.78, 5) is 18.6. The van der Waals surface area contributed by atoms with Crippen molar-refractivity contribution in [2.45, 2.75) is 20.4 Å². The van der Waals surface area contributed by atoms with Crippen LogP contribution < -0.4 is 10.9 Å². The fraction of sp³-hybridized carbons (Fsp3) is 0.182. The predicted octanol–water partition coefficient (Wildman–Crippen LogP) is 4.89. The van der Waals surface area contributed by atoms with Gasteiger partial charge in [0.25, 0.3) is 5.56 Å². The molecular weight excluding hydrogens is 354 g/mol. The number of hydrogen-bond acceptors (Lipinski definition) is 4. The number of hydrogen-bond donors (Lipinski definition) is 1. The van der Waals surface area contributed by atoms with Crippen molar-refractivity contribution in [3.63, 3.8) is 0 Å². The number of nitrogens with zero attached hydrogens (tertiary/aromatic N) is 2. The number of nitrogens with one attached hydrogen (secondary N) is 1. The van der Waals surface area contributed by atoms with Gasteiger partial charge in [-0.1, -0.05) is 54.1 Å². The summed E-state index contributed by atoms with van der Waals surface area (Å²) in [6.07, 6.45) is 0. The minimum atomic E-state index is -0.0182. The molecule has 0 saturated carbocycles. The summed E-state index contributed by atoms with van der Waals surface area (Å²) < 4.78 is 2.28. The lowest BCUT2D eigenvalue weighted by molar-refractivity contribution is 0.839. The molecule has 4 rings (SSSR count). The highest BCUT2D eigenvalue weighted by Gasteiger charge is 2.13. The van der Waals surface area contributed by atoms with Gasteiger partial charge in [0.2, 0.25) is 5.95 Å². The van der Waals surface area contributed by atoms with Crippen LogP contribution in [0.2, 0.25) is 0 Å². The first-order valence-electron chi connectivity index (χ1n) is 8.89. The molecule has 0 unspecified atom stereocenters. The van der Waals surface area contributed by atoms with E-state index >= 15 is 0 Å². The fourth-order valence-electron chi connectivity index (χ4n) is 3.18. The molecule has 1 N–H and O–H groups in total. The zero-order chi connectivity index (χ0) is 19.0. The van der Waals surface area contributed by atoms with Gasteiger partial charge < -0.3 is 5.32 Å². The first-order valence-corrected chi connectivity index (χ1v) is 9.70. The van der Waals surface area contributed by atoms with E-state index in [0.717, 1.165) is 16.0 Å². The highest BCUT2D eigenvalue weighted by Crippen LogP contribution is 2.31. The summed E-state index contributed by atoms with van der Waals surface area (Å²) >= 11 is 1.49. The zero-order valence-electron chi connectivity index (χ0n) is 15.6. The second-order valence-corrected chi connectivity index (χ2v) is 7.83. The Labute approximate surface area is 162 Å². The standard InChI is InChI=1S/C22H21N3OS/c1-14-9-10-17(15(2)11-14)13-23-22-24-18-12-19(16-7-5-4-6-8-16)27-20(18)21(26)25(22)3/h4-12H,13H2,1-3H3,(H,23,24). The molecule has 0 atom stereocenters. The van der Waals surface area contributed by atoms with E-state index in [-0.39, 0.29) is 5.56 Å². The number of thiophene rings is 1. The monoisotopic (exact) mass is 375 g/mol. The van der Waals surface area contributed by atoms with Gasteiger partial charge in [-0.15, -0.1) is 11.3 Å². The minimum Gasteiger partial charge on any atom is -0.351 e. The lowest BCUT2D eigenvalue weighted by atomic mass is 10.1. The highest BCUT2D eigenvalue weighted by atomic mass is 32.1. The van der Waals surface area contributed by atoms with Gasteiger partial charge in [0.1, 0.15) is 4.70 Å². The second kappa shape index (κ2) is 7.00. The molecule has 0 aliphatic rings. The van der Waals surface area contributed by atoms with Crippen LogP contribution in [-0.2, 0) is 13.6 Å². The molecule has 0 bridgehead atoms. The van der Waals surface area contributed by atoms with E-state index in [9.17, 15) is 4.79 Å². The average Bonchev–Trinajstić information content (AvgIpc) is 3.10. The van der Waals surface area contributed by atoms with E-state index in [0.29, 0.717) is 17.2 Å². The van der Waals surface area contributed by atoms with Gasteiger partial charge in [-0.2, -0.15) is 0 Å². The predicted molar refractivity (Wildman–Crippen MR) is 114 cm³/mol. The maximum absolute atomic E-state index is 12.8. The zero-order valence-corrected chi connectivity index (χ0v) is 16.4. The van der Waals surface area contributed by atoms with Crippen molar-refractivity contribution in [2.75, 3.05) is 5.32 Å². The number of rotatable bonds is 4. The van der Waals surface area contributed by atoms with Crippen molar-refractivity contribution >= 4 is 27.5 Å². The first kappa shape index (κ1) is 17.5. The van der Waals surface area contributed by atoms with Crippen molar-refractivity contribution in [1.29, 1.82) is 0 Å². The summed E-state index contributed by atoms with van der Waals surface area (Å²) in [6.45, 7) is 4.82. The fourth-order valence-corrected chi connectivity index (χ4v) is 4.25. The Hall–Kier alpha value is -2.92. The summed E-state index contributed by atoms with van der Waals surface area (Å²) in [6, 6.07) is 18.5. The summed E-state index contributed by atoms with van der Waals surface area (Å²) in [5, 5.41) is 3.33. The van der Waals surface area contributed by atoms with E-state index in [4.69, 9.17) is 4.98 Å². The Morgan fingerprint density at radius 2 is 1.85 bits per heavy atom. The largest absolute Gasteiger partial charge is 0.351 e. The van der Waals surface area contributed by atoms with Crippen LogP contribution >= 0.6 is 11.3 Å². The quantitative estimate of drug-likeness (QED) is 0.552. The number of fused-ring (bicyclic) bond motifs is 1. The van der Waals surface area contributed by atoms with Gasteiger partial charge in [-0.25, -0.2) is 4.98 Å². The molecule has 0 radical (unpaired) electrons. The molecule has 136 valence electrons. The van der Waals surface area contributed by atoms with Crippen LogP contribution in [0, 0.1) is 13.8 Å². The molecular formula is C22H21N3OS. The molecule has 2 heterocycles. The third-order valence-corrected chi connectivity index (χ3v) is 5.91. The van der Waals surface area contributed by atoms with Crippen LogP contribution in [0.5, 0.6) is 0 Å². The number of aromatic nitrogens is 2. The Kier molecular flexibility index (Phi) is 4.54. The molecule has 27 heavy (non-hydrogen) atoms. The second-order valence-electron chi connectivity index (χ2n) is 6.77. The summed E-state index contributed by atoms with van der Waals surface area (Å²) in [5.41, 5.74) is 5.50. The number of benzene rings is 2. The van der Waals surface area contributed by atoms with E-state index in [1.165, 1.54) is 28.0 Å². The van der Waals surface area contributed by atoms with E-state index in [2.05, 4.69) is 49.5 Å². The molecule has 2 aromatic carbocycles. The van der Waals surface area contributed by atoms with Gasteiger partial charge in [0.15, 0.2) is 0 Å². The minimum absolute atomic E-state index is 0.0182. The van der Waals surface area contributed by atoms with Crippen LogP contribution in [0.1, 0.15) is 16.7 Å². The molecule has 0 aliphatic heterocycles. The normalized spacial score (nSPS) is 11.1. The third-order valence-electron chi connectivity index (χ3n) is 4.75. The van der Waals surface area contributed by atoms with E-state index in [1.54, 1.807) is 11.6 Å². The van der Waals surface area contributed by atoms with Crippen LogP contribution in [0.25, 0.3) is 20.7 Å². The average molecular weight is 375 g/mol. The summed E-state index contributed by atoms with van der Waals surface area (Å²) in [7, 11) is 1.76. The molecule has 5 heteroatoms. The van der Waals surface area contributed by atoms with Crippen LogP contribution in [0.15, 0.2) is 59.4 Å². The van der Waals surface area contributed by atoms with Crippen molar-refractivity contribution in [3.8, 4) is 10.4 Å². The number of aryl methyl sites for hydroxylation is 2. The molecule has 0 fully saturated rings. The number of anilines is 1. The Morgan fingerprint density at radius 1 is 1.07 bits per heavy atom. The lowest BCUT2D eigenvalue weighted by Gasteiger charge is -2.12. The van der Waals surface area contributed by atoms with Gasteiger partial charge in [0, 0.05) is 18.5 Å². The van der Waals surface area contributed by atoms with Gasteiger partial charge in [0.05, 0.1) is 5.52 Å². The van der Waals surface area contributed by atoms with Crippen molar-refractivity contribution in [1.82, 2.24) is 9.55 Å².